The summed E-state index contributed by atoms with van der Waals surface area (Å²) < 4.78 is 0. The van der Waals surface area contributed by atoms with Gasteiger partial charge in [0.15, 0.2) is 0 Å². The number of piperidine rings is 1. The quantitative estimate of drug-likeness (QED) is 0.744. The van der Waals surface area contributed by atoms with Crippen molar-refractivity contribution in [3.05, 3.63) is 0 Å². The zero-order chi connectivity index (χ0) is 11.3. The third-order valence-electron chi connectivity index (χ3n) is 3.78. The van der Waals surface area contributed by atoms with E-state index in [9.17, 15) is 0 Å². The Morgan fingerprint density at radius 1 is 1.33 bits per heavy atom. The third kappa shape index (κ3) is 3.44. The maximum Gasteiger partial charge on any atom is 0.0591 e. The monoisotopic (exact) mass is 213 g/mol. The van der Waals surface area contributed by atoms with Crippen LogP contribution < -0.4 is 5.32 Å². The van der Waals surface area contributed by atoms with Crippen LogP contribution in [0.5, 0.6) is 0 Å². The van der Waals surface area contributed by atoms with E-state index in [2.05, 4.69) is 43.1 Å². The molecule has 3 nitrogen and oxygen atoms in total. The van der Waals surface area contributed by atoms with Crippen LogP contribution in [-0.4, -0.2) is 55.7 Å². The van der Waals surface area contributed by atoms with Crippen molar-refractivity contribution in [2.45, 2.75) is 45.3 Å². The van der Waals surface area contributed by atoms with E-state index in [0.29, 0.717) is 6.17 Å². The summed E-state index contributed by atoms with van der Waals surface area (Å²) in [6.45, 7) is 8.16. The molecule has 1 aliphatic heterocycles. The van der Waals surface area contributed by atoms with Gasteiger partial charge in [-0.15, -0.1) is 0 Å². The summed E-state index contributed by atoms with van der Waals surface area (Å²) in [6, 6.07) is 0.806. The molecule has 0 bridgehead atoms. The summed E-state index contributed by atoms with van der Waals surface area (Å²) in [5, 5.41) is 3.39. The lowest BCUT2D eigenvalue weighted by Crippen LogP contribution is -2.50. The van der Waals surface area contributed by atoms with Crippen molar-refractivity contribution in [1.29, 1.82) is 0 Å². The van der Waals surface area contributed by atoms with Crippen molar-refractivity contribution in [2.75, 3.05) is 33.7 Å². The highest BCUT2D eigenvalue weighted by Crippen LogP contribution is 2.17. The van der Waals surface area contributed by atoms with Crippen LogP contribution >= 0.6 is 0 Å². The zero-order valence-corrected chi connectivity index (χ0v) is 10.8. The molecule has 1 rings (SSSR count). The van der Waals surface area contributed by atoms with Gasteiger partial charge in [-0.25, -0.2) is 0 Å². The van der Waals surface area contributed by atoms with E-state index in [4.69, 9.17) is 0 Å². The molecule has 90 valence electrons. The number of likely N-dealkylation sites (tertiary alicyclic amines) is 1. The first kappa shape index (κ1) is 12.9. The molecule has 1 heterocycles. The van der Waals surface area contributed by atoms with Crippen LogP contribution in [0.2, 0.25) is 0 Å². The average Bonchev–Trinajstić information content (AvgIpc) is 2.30. The van der Waals surface area contributed by atoms with Gasteiger partial charge in [-0.05, 0) is 39.9 Å². The minimum Gasteiger partial charge on any atom is -0.305 e. The first-order valence-electron chi connectivity index (χ1n) is 6.34. The van der Waals surface area contributed by atoms with Gasteiger partial charge in [-0.1, -0.05) is 13.8 Å². The minimum absolute atomic E-state index is 0.581. The van der Waals surface area contributed by atoms with Crippen LogP contribution in [0.1, 0.15) is 33.1 Å². The molecule has 1 saturated heterocycles. The highest BCUT2D eigenvalue weighted by Gasteiger charge is 2.24. The fourth-order valence-electron chi connectivity index (χ4n) is 2.54. The summed E-state index contributed by atoms with van der Waals surface area (Å²) in [6.07, 6.45) is 4.42. The molecule has 0 aromatic carbocycles. The lowest BCUT2D eigenvalue weighted by Gasteiger charge is -2.39. The molecule has 1 atom stereocenters. The maximum absolute atomic E-state index is 3.39. The molecule has 1 unspecified atom stereocenters. The molecule has 0 aliphatic carbocycles. The number of hydrogen-bond acceptors (Lipinski definition) is 3. The normalized spacial score (nSPS) is 22.2. The largest absolute Gasteiger partial charge is 0.305 e. The van der Waals surface area contributed by atoms with Crippen molar-refractivity contribution in [1.82, 2.24) is 15.1 Å². The molecule has 3 heteroatoms. The van der Waals surface area contributed by atoms with Crippen molar-refractivity contribution < 1.29 is 0 Å². The zero-order valence-electron chi connectivity index (χ0n) is 10.8. The summed E-state index contributed by atoms with van der Waals surface area (Å²) in [7, 11) is 4.31. The Morgan fingerprint density at radius 3 is 2.33 bits per heavy atom. The maximum atomic E-state index is 3.39. The second kappa shape index (κ2) is 6.46. The van der Waals surface area contributed by atoms with Crippen LogP contribution in [0.25, 0.3) is 0 Å². The van der Waals surface area contributed by atoms with Crippen molar-refractivity contribution in [2.24, 2.45) is 0 Å². The van der Waals surface area contributed by atoms with Gasteiger partial charge in [-0.2, -0.15) is 0 Å². The van der Waals surface area contributed by atoms with Crippen molar-refractivity contribution in [3.8, 4) is 0 Å². The van der Waals surface area contributed by atoms with E-state index in [1.54, 1.807) is 0 Å². The molecule has 1 aliphatic rings. The Balaban J connectivity index is 2.34. The van der Waals surface area contributed by atoms with Gasteiger partial charge < -0.3 is 10.2 Å². The van der Waals surface area contributed by atoms with E-state index in [-0.39, 0.29) is 0 Å². The standard InChI is InChI=1S/C12H27N3/c1-5-12(13-3)15-9-7-11(8-10-15)14(4)6-2/h11-13H,5-10H2,1-4H3. The Morgan fingerprint density at radius 2 is 1.93 bits per heavy atom. The van der Waals surface area contributed by atoms with Crippen LogP contribution in [0, 0.1) is 0 Å². The lowest BCUT2D eigenvalue weighted by atomic mass is 10.0. The number of nitrogens with one attached hydrogen (secondary N) is 1. The topological polar surface area (TPSA) is 18.5 Å². The highest BCUT2D eigenvalue weighted by atomic mass is 15.3. The van der Waals surface area contributed by atoms with Gasteiger partial charge in [0.1, 0.15) is 0 Å². The van der Waals surface area contributed by atoms with E-state index in [1.807, 2.05) is 0 Å². The minimum atomic E-state index is 0.581. The molecule has 0 radical (unpaired) electrons. The summed E-state index contributed by atoms with van der Waals surface area (Å²) in [5.41, 5.74) is 0. The molecule has 0 aromatic rings. The smallest absolute Gasteiger partial charge is 0.0591 e. The van der Waals surface area contributed by atoms with Gasteiger partial charge >= 0.3 is 0 Å². The van der Waals surface area contributed by atoms with Crippen LogP contribution in [0.15, 0.2) is 0 Å². The molecule has 1 fully saturated rings. The van der Waals surface area contributed by atoms with E-state index < -0.39 is 0 Å². The molecule has 15 heavy (non-hydrogen) atoms. The average molecular weight is 213 g/mol. The Hall–Kier alpha value is -0.120. The third-order valence-corrected chi connectivity index (χ3v) is 3.78. The fraction of sp³-hybridized carbons (Fsp3) is 1.00. The van der Waals surface area contributed by atoms with Gasteiger partial charge in [0.05, 0.1) is 6.17 Å². The van der Waals surface area contributed by atoms with Crippen molar-refractivity contribution in [3.63, 3.8) is 0 Å². The second-order valence-electron chi connectivity index (χ2n) is 4.55. The molecule has 0 aromatic heterocycles. The predicted molar refractivity (Wildman–Crippen MR) is 66.0 cm³/mol. The second-order valence-corrected chi connectivity index (χ2v) is 4.55. The van der Waals surface area contributed by atoms with E-state index >= 15 is 0 Å². The lowest BCUT2D eigenvalue weighted by molar-refractivity contribution is 0.0869. The van der Waals surface area contributed by atoms with Crippen LogP contribution in [0.4, 0.5) is 0 Å². The molecule has 1 N–H and O–H groups in total. The Bertz CT molecular complexity index is 160. The fourth-order valence-corrected chi connectivity index (χ4v) is 2.54. The predicted octanol–water partition coefficient (Wildman–Crippen LogP) is 1.36. The molecular formula is C12H27N3. The molecular weight excluding hydrogens is 186 g/mol. The molecule has 0 amide bonds. The van der Waals surface area contributed by atoms with Gasteiger partial charge in [-0.3, -0.25) is 4.90 Å². The van der Waals surface area contributed by atoms with Crippen LogP contribution in [-0.2, 0) is 0 Å². The first-order chi connectivity index (χ1) is 7.22. The van der Waals surface area contributed by atoms with Crippen LogP contribution in [0.3, 0.4) is 0 Å². The SMILES string of the molecule is CCC(NC)N1CCC(N(C)CC)CC1. The number of nitrogens with zero attached hydrogens (tertiary/aromatic N) is 2. The highest BCUT2D eigenvalue weighted by molar-refractivity contribution is 4.80. The van der Waals surface area contributed by atoms with Crippen molar-refractivity contribution >= 4 is 0 Å². The first-order valence-corrected chi connectivity index (χ1v) is 6.34. The van der Waals surface area contributed by atoms with Gasteiger partial charge in [0, 0.05) is 19.1 Å². The van der Waals surface area contributed by atoms with Gasteiger partial charge in [0.25, 0.3) is 0 Å². The molecule has 0 saturated carbocycles. The summed E-state index contributed by atoms with van der Waals surface area (Å²) in [4.78, 5) is 5.07. The molecule has 0 spiro atoms. The Kier molecular flexibility index (Phi) is 5.58. The van der Waals surface area contributed by atoms with E-state index in [1.165, 1.54) is 38.9 Å². The van der Waals surface area contributed by atoms with E-state index in [0.717, 1.165) is 6.04 Å². The summed E-state index contributed by atoms with van der Waals surface area (Å²) in [5.74, 6) is 0. The Labute approximate surface area is 94.8 Å². The number of hydrogen-bond donors (Lipinski definition) is 1. The summed E-state index contributed by atoms with van der Waals surface area (Å²) >= 11 is 0. The van der Waals surface area contributed by atoms with Gasteiger partial charge in [0.2, 0.25) is 0 Å². The number of rotatable bonds is 5.